The van der Waals surface area contributed by atoms with Crippen LogP contribution >= 0.6 is 0 Å². The van der Waals surface area contributed by atoms with Crippen molar-refractivity contribution in [2.24, 2.45) is 0 Å². The lowest BCUT2D eigenvalue weighted by molar-refractivity contribution is -0.264. The Kier molecular flexibility index (Phi) is 16.1. The molecule has 0 unspecified atom stereocenters. The standard InChI is InChI=1S/C35H44N2O19/c1-15(38)36-27-31(51-21(7)44)29(49-19(5)42)25(13-47-17(3)40)54-34(27)53-24-12-10-9-11-23(24)33(46)56-35-28(37-16(2)39)32(52-22(8)45)30(50-20(6)43)26(55-35)14-48-18(4)41/h9-12,25-32,34-35H,13-14H2,1-8H3,(H,36,38)(H,37,39)/t25-,26-,27-,28-,29+,30+,31-,32+,34+,35+/m0/s1. The normalized spacial score (nSPS) is 26.9. The lowest BCUT2D eigenvalue weighted by Crippen LogP contribution is -2.67. The van der Waals surface area contributed by atoms with Crippen LogP contribution in [0, 0.1) is 0 Å². The lowest BCUT2D eigenvalue weighted by Gasteiger charge is -2.45. The molecule has 2 amide bonds. The Hall–Kier alpha value is -5.83. The fourth-order valence-electron chi connectivity index (χ4n) is 5.81. The molecule has 21 heteroatoms. The first kappa shape index (κ1) is 44.6. The summed E-state index contributed by atoms with van der Waals surface area (Å²) in [5.41, 5.74) is -0.312. The fraction of sp³-hybridized carbons (Fsp3) is 0.571. The smallest absolute Gasteiger partial charge is 0.344 e. The molecule has 308 valence electrons. The van der Waals surface area contributed by atoms with E-state index in [1.165, 1.54) is 24.3 Å². The topological polar surface area (TPSA) is 270 Å². The van der Waals surface area contributed by atoms with Gasteiger partial charge in [-0.25, -0.2) is 4.79 Å². The van der Waals surface area contributed by atoms with Crippen molar-refractivity contribution in [2.75, 3.05) is 13.2 Å². The third-order valence-electron chi connectivity index (χ3n) is 7.72. The number of para-hydroxylation sites is 1. The summed E-state index contributed by atoms with van der Waals surface area (Å²) in [4.78, 5) is 111. The summed E-state index contributed by atoms with van der Waals surface area (Å²) in [7, 11) is 0. The first-order valence-electron chi connectivity index (χ1n) is 17.0. The van der Waals surface area contributed by atoms with Crippen LogP contribution in [0.15, 0.2) is 24.3 Å². The van der Waals surface area contributed by atoms with E-state index in [2.05, 4.69) is 10.6 Å². The maximum Gasteiger partial charge on any atom is 0.344 e. The molecule has 10 atom stereocenters. The van der Waals surface area contributed by atoms with Crippen molar-refractivity contribution in [1.82, 2.24) is 10.6 Å². The summed E-state index contributed by atoms with van der Waals surface area (Å²) in [6, 6.07) is 2.53. The van der Waals surface area contributed by atoms with Gasteiger partial charge in [-0.2, -0.15) is 0 Å². The molecule has 21 nitrogen and oxygen atoms in total. The molecule has 0 saturated carbocycles. The van der Waals surface area contributed by atoms with Crippen molar-refractivity contribution in [2.45, 2.75) is 117 Å². The molecule has 2 heterocycles. The van der Waals surface area contributed by atoms with Gasteiger partial charge in [-0.05, 0) is 12.1 Å². The molecule has 3 rings (SSSR count). The quantitative estimate of drug-likeness (QED) is 0.178. The summed E-state index contributed by atoms with van der Waals surface area (Å²) in [6.07, 6.45) is -12.1. The molecule has 2 saturated heterocycles. The van der Waals surface area contributed by atoms with Gasteiger partial charge in [0, 0.05) is 55.4 Å². The third kappa shape index (κ3) is 12.9. The number of hydrogen-bond donors (Lipinski definition) is 2. The average molecular weight is 797 g/mol. The molecule has 0 aliphatic carbocycles. The van der Waals surface area contributed by atoms with E-state index >= 15 is 0 Å². The van der Waals surface area contributed by atoms with Gasteiger partial charge in [-0.3, -0.25) is 38.4 Å². The second-order valence-electron chi connectivity index (χ2n) is 12.5. The number of ether oxygens (including phenoxy) is 10. The Balaban J connectivity index is 2.07. The van der Waals surface area contributed by atoms with Crippen molar-refractivity contribution in [3.05, 3.63) is 29.8 Å². The van der Waals surface area contributed by atoms with E-state index in [0.717, 1.165) is 55.4 Å². The molecule has 0 radical (unpaired) electrons. The highest BCUT2D eigenvalue weighted by Gasteiger charge is 2.54. The van der Waals surface area contributed by atoms with Crippen LogP contribution < -0.4 is 15.4 Å². The second-order valence-corrected chi connectivity index (χ2v) is 12.5. The zero-order valence-electron chi connectivity index (χ0n) is 31.8. The molecule has 2 fully saturated rings. The summed E-state index contributed by atoms with van der Waals surface area (Å²) in [6.45, 7) is 7.58. The van der Waals surface area contributed by atoms with Crippen LogP contribution in [0.25, 0.3) is 0 Å². The molecule has 56 heavy (non-hydrogen) atoms. The first-order chi connectivity index (χ1) is 26.3. The molecule has 2 aliphatic heterocycles. The number of carbonyl (C=O) groups is 9. The summed E-state index contributed by atoms with van der Waals surface area (Å²) in [5, 5.41) is 5.02. The minimum Gasteiger partial charge on any atom is -0.463 e. The Morgan fingerprint density at radius 1 is 0.518 bits per heavy atom. The van der Waals surface area contributed by atoms with Crippen LogP contribution in [0.3, 0.4) is 0 Å². The monoisotopic (exact) mass is 796 g/mol. The molecular weight excluding hydrogens is 752 g/mol. The van der Waals surface area contributed by atoms with Gasteiger partial charge in [0.1, 0.15) is 48.8 Å². The SMILES string of the molecule is CC(=O)N[C@@H]1[C@@H](OC(=O)c2ccccc2O[C@@H]2O[C@@H](COC(C)=O)[C@@H](OC(C)=O)[C@@H](OC(C)=O)[C@@H]2NC(C)=O)O[C@@H](COC(C)=O)[C@@H](OC(C)=O)[C@@H]1OC(C)=O. The van der Waals surface area contributed by atoms with E-state index in [4.69, 9.17) is 47.4 Å². The number of carbonyl (C=O) groups excluding carboxylic acids is 9. The van der Waals surface area contributed by atoms with Gasteiger partial charge in [0.25, 0.3) is 0 Å². The van der Waals surface area contributed by atoms with Crippen LogP contribution in [0.5, 0.6) is 5.75 Å². The molecule has 0 aromatic heterocycles. The molecule has 0 spiro atoms. The van der Waals surface area contributed by atoms with E-state index in [9.17, 15) is 43.2 Å². The van der Waals surface area contributed by atoms with Crippen LogP contribution in [0.1, 0.15) is 65.7 Å². The van der Waals surface area contributed by atoms with E-state index in [1.807, 2.05) is 0 Å². The maximum absolute atomic E-state index is 14.0. The lowest BCUT2D eigenvalue weighted by atomic mass is 9.96. The van der Waals surface area contributed by atoms with Gasteiger partial charge in [0.2, 0.25) is 24.4 Å². The number of rotatable bonds is 14. The van der Waals surface area contributed by atoms with Crippen molar-refractivity contribution in [1.29, 1.82) is 0 Å². The summed E-state index contributed by atoms with van der Waals surface area (Å²) < 4.78 is 55.7. The summed E-state index contributed by atoms with van der Waals surface area (Å²) >= 11 is 0. The summed E-state index contributed by atoms with van der Waals surface area (Å²) in [5.74, 6) is -7.68. The molecule has 1 aromatic rings. The highest BCUT2D eigenvalue weighted by atomic mass is 16.7. The Morgan fingerprint density at radius 2 is 0.911 bits per heavy atom. The van der Waals surface area contributed by atoms with Crippen molar-refractivity contribution < 1.29 is 90.5 Å². The van der Waals surface area contributed by atoms with Gasteiger partial charge in [-0.15, -0.1) is 0 Å². The van der Waals surface area contributed by atoms with Crippen LogP contribution in [-0.2, 0) is 81.0 Å². The van der Waals surface area contributed by atoms with E-state index in [1.54, 1.807) is 0 Å². The predicted octanol–water partition coefficient (Wildman–Crippen LogP) is -0.466. The molecule has 0 bridgehead atoms. The highest BCUT2D eigenvalue weighted by molar-refractivity contribution is 5.92. The maximum atomic E-state index is 14.0. The van der Waals surface area contributed by atoms with Crippen LogP contribution in [-0.4, -0.2) is 128 Å². The zero-order valence-corrected chi connectivity index (χ0v) is 31.8. The van der Waals surface area contributed by atoms with Crippen molar-refractivity contribution in [3.63, 3.8) is 0 Å². The number of nitrogens with one attached hydrogen (secondary N) is 2. The van der Waals surface area contributed by atoms with Gasteiger partial charge in [0.15, 0.2) is 24.4 Å². The van der Waals surface area contributed by atoms with Gasteiger partial charge < -0.3 is 58.0 Å². The number of esters is 7. The average Bonchev–Trinajstić information content (AvgIpc) is 3.07. The Morgan fingerprint density at radius 3 is 1.32 bits per heavy atom. The second kappa shape index (κ2) is 20.2. The van der Waals surface area contributed by atoms with Crippen LogP contribution in [0.2, 0.25) is 0 Å². The first-order valence-corrected chi connectivity index (χ1v) is 17.0. The number of amides is 2. The van der Waals surface area contributed by atoms with E-state index in [0.29, 0.717) is 0 Å². The fourth-order valence-corrected chi connectivity index (χ4v) is 5.81. The molecule has 1 aromatic carbocycles. The van der Waals surface area contributed by atoms with Crippen LogP contribution in [0.4, 0.5) is 0 Å². The van der Waals surface area contributed by atoms with E-state index in [-0.39, 0.29) is 11.3 Å². The molecule has 2 aliphatic rings. The van der Waals surface area contributed by atoms with Gasteiger partial charge in [-0.1, -0.05) is 12.1 Å². The third-order valence-corrected chi connectivity index (χ3v) is 7.72. The Labute approximate surface area is 320 Å². The van der Waals surface area contributed by atoms with E-state index < -0.39 is 128 Å². The zero-order chi connectivity index (χ0) is 41.9. The van der Waals surface area contributed by atoms with Crippen molar-refractivity contribution in [3.8, 4) is 5.75 Å². The molecular formula is C35H44N2O19. The highest BCUT2D eigenvalue weighted by Crippen LogP contribution is 2.33. The predicted molar refractivity (Wildman–Crippen MR) is 180 cm³/mol. The van der Waals surface area contributed by atoms with Gasteiger partial charge in [0.05, 0.1) is 0 Å². The minimum atomic E-state index is -1.79. The van der Waals surface area contributed by atoms with Crippen molar-refractivity contribution >= 4 is 53.6 Å². The number of benzene rings is 1. The molecule has 2 N–H and O–H groups in total. The van der Waals surface area contributed by atoms with Gasteiger partial charge >= 0.3 is 41.8 Å². The largest absolute Gasteiger partial charge is 0.463 e. The minimum absolute atomic E-state index is 0.255. The number of hydrogen-bond acceptors (Lipinski definition) is 19. The Bertz CT molecular complexity index is 1660.